The van der Waals surface area contributed by atoms with Crippen LogP contribution in [0, 0.1) is 11.7 Å². The first kappa shape index (κ1) is 11.3. The van der Waals surface area contributed by atoms with E-state index in [0.29, 0.717) is 6.42 Å². The van der Waals surface area contributed by atoms with Crippen molar-refractivity contribution in [2.75, 3.05) is 0 Å². The molecule has 0 spiro atoms. The first-order chi connectivity index (χ1) is 7.58. The number of halogens is 2. The van der Waals surface area contributed by atoms with Crippen LogP contribution in [0.3, 0.4) is 0 Å². The standard InChI is InChI=1S/C12H11ClFNO/c13-8-2-4-10(11(14)6-8)12(16)7-1-3-9(15)5-7/h1-4,6-7,9H,5,15H2. The number of rotatable bonds is 2. The molecule has 0 amide bonds. The molecular formula is C12H11ClFNO. The lowest BCUT2D eigenvalue weighted by molar-refractivity contribution is 0.0939. The number of carbonyl (C=O) groups is 1. The Morgan fingerprint density at radius 1 is 1.44 bits per heavy atom. The lowest BCUT2D eigenvalue weighted by atomic mass is 9.96. The summed E-state index contributed by atoms with van der Waals surface area (Å²) in [6, 6.07) is 3.96. The van der Waals surface area contributed by atoms with Gasteiger partial charge in [-0.05, 0) is 24.6 Å². The molecule has 1 aromatic rings. The normalized spacial score (nSPS) is 23.7. The molecule has 0 bridgehead atoms. The highest BCUT2D eigenvalue weighted by atomic mass is 35.5. The molecule has 0 aromatic heterocycles. The van der Waals surface area contributed by atoms with Crippen LogP contribution in [-0.4, -0.2) is 11.8 Å². The zero-order valence-electron chi connectivity index (χ0n) is 8.49. The molecule has 2 rings (SSSR count). The summed E-state index contributed by atoms with van der Waals surface area (Å²) in [5, 5.41) is 0.285. The zero-order valence-corrected chi connectivity index (χ0v) is 9.25. The molecule has 0 fully saturated rings. The van der Waals surface area contributed by atoms with E-state index in [2.05, 4.69) is 0 Å². The molecule has 0 saturated carbocycles. The summed E-state index contributed by atoms with van der Waals surface area (Å²) < 4.78 is 13.5. The van der Waals surface area contributed by atoms with E-state index in [1.54, 1.807) is 12.2 Å². The summed E-state index contributed by atoms with van der Waals surface area (Å²) >= 11 is 5.62. The molecule has 1 aliphatic carbocycles. The number of carbonyl (C=O) groups excluding carboxylic acids is 1. The highest BCUT2D eigenvalue weighted by Crippen LogP contribution is 2.24. The van der Waals surface area contributed by atoms with Gasteiger partial charge in [-0.2, -0.15) is 0 Å². The number of nitrogens with two attached hydrogens (primary N) is 1. The van der Waals surface area contributed by atoms with E-state index >= 15 is 0 Å². The van der Waals surface area contributed by atoms with Crippen molar-refractivity contribution in [1.29, 1.82) is 0 Å². The number of hydrogen-bond donors (Lipinski definition) is 1. The second-order valence-corrected chi connectivity index (χ2v) is 4.32. The van der Waals surface area contributed by atoms with Crippen LogP contribution in [0.2, 0.25) is 5.02 Å². The monoisotopic (exact) mass is 239 g/mol. The molecule has 2 N–H and O–H groups in total. The second-order valence-electron chi connectivity index (χ2n) is 3.88. The Kier molecular flexibility index (Phi) is 3.08. The second kappa shape index (κ2) is 4.36. The highest BCUT2D eigenvalue weighted by molar-refractivity contribution is 6.30. The average molecular weight is 240 g/mol. The molecule has 0 saturated heterocycles. The topological polar surface area (TPSA) is 43.1 Å². The third-order valence-corrected chi connectivity index (χ3v) is 2.89. The molecule has 1 aliphatic rings. The van der Waals surface area contributed by atoms with E-state index in [1.807, 2.05) is 0 Å². The molecule has 0 heterocycles. The Hall–Kier alpha value is -1.19. The van der Waals surface area contributed by atoms with Gasteiger partial charge in [0.05, 0.1) is 5.56 Å². The maximum absolute atomic E-state index is 13.5. The van der Waals surface area contributed by atoms with Gasteiger partial charge in [-0.1, -0.05) is 23.8 Å². The van der Waals surface area contributed by atoms with Crippen LogP contribution in [0.1, 0.15) is 16.8 Å². The highest BCUT2D eigenvalue weighted by Gasteiger charge is 2.25. The van der Waals surface area contributed by atoms with Crippen LogP contribution in [-0.2, 0) is 0 Å². The minimum absolute atomic E-state index is 0.0770. The van der Waals surface area contributed by atoms with Crippen LogP contribution in [0.4, 0.5) is 4.39 Å². The largest absolute Gasteiger partial charge is 0.324 e. The molecule has 0 radical (unpaired) electrons. The van der Waals surface area contributed by atoms with Crippen molar-refractivity contribution in [1.82, 2.24) is 0 Å². The number of ketones is 1. The van der Waals surface area contributed by atoms with E-state index in [-0.39, 0.29) is 28.3 Å². The van der Waals surface area contributed by atoms with Crippen LogP contribution in [0.25, 0.3) is 0 Å². The van der Waals surface area contributed by atoms with Gasteiger partial charge in [-0.25, -0.2) is 4.39 Å². The average Bonchev–Trinajstić information content (AvgIpc) is 2.64. The Morgan fingerprint density at radius 3 is 2.75 bits per heavy atom. The van der Waals surface area contributed by atoms with Crippen LogP contribution in [0.15, 0.2) is 30.4 Å². The van der Waals surface area contributed by atoms with Crippen molar-refractivity contribution in [2.45, 2.75) is 12.5 Å². The number of allylic oxidation sites excluding steroid dienone is 1. The van der Waals surface area contributed by atoms with Gasteiger partial charge < -0.3 is 5.73 Å². The third kappa shape index (κ3) is 2.15. The number of hydrogen-bond acceptors (Lipinski definition) is 2. The lowest BCUT2D eigenvalue weighted by Gasteiger charge is -2.09. The van der Waals surface area contributed by atoms with Crippen molar-refractivity contribution in [3.05, 3.63) is 46.8 Å². The van der Waals surface area contributed by atoms with Gasteiger partial charge in [0.25, 0.3) is 0 Å². The third-order valence-electron chi connectivity index (χ3n) is 2.65. The fourth-order valence-corrected chi connectivity index (χ4v) is 1.97. The molecule has 4 heteroatoms. The summed E-state index contributed by atoms with van der Waals surface area (Å²) in [6.45, 7) is 0. The molecule has 84 valence electrons. The van der Waals surface area contributed by atoms with Gasteiger partial charge in [0.2, 0.25) is 0 Å². The van der Waals surface area contributed by atoms with Crippen LogP contribution < -0.4 is 5.73 Å². The molecular weight excluding hydrogens is 229 g/mol. The SMILES string of the molecule is NC1C=CC(C(=O)c2ccc(Cl)cc2F)C1. The van der Waals surface area contributed by atoms with E-state index in [1.165, 1.54) is 12.1 Å². The Balaban J connectivity index is 2.24. The molecule has 0 aliphatic heterocycles. The van der Waals surface area contributed by atoms with E-state index < -0.39 is 5.82 Å². The van der Waals surface area contributed by atoms with Gasteiger partial charge in [0.15, 0.2) is 5.78 Å². The van der Waals surface area contributed by atoms with Gasteiger partial charge in [0.1, 0.15) is 5.82 Å². The summed E-state index contributed by atoms with van der Waals surface area (Å²) in [6.07, 6.45) is 4.05. The molecule has 16 heavy (non-hydrogen) atoms. The maximum Gasteiger partial charge on any atom is 0.172 e. The fraction of sp³-hybridized carbons (Fsp3) is 0.250. The Morgan fingerprint density at radius 2 is 2.19 bits per heavy atom. The molecule has 2 unspecified atom stereocenters. The summed E-state index contributed by atoms with van der Waals surface area (Å²) in [5.41, 5.74) is 5.73. The lowest BCUT2D eigenvalue weighted by Crippen LogP contribution is -2.19. The predicted octanol–water partition coefficient (Wildman–Crippen LogP) is 2.57. The fourth-order valence-electron chi connectivity index (χ4n) is 1.81. The van der Waals surface area contributed by atoms with Crippen LogP contribution >= 0.6 is 11.6 Å². The Bertz CT molecular complexity index is 458. The van der Waals surface area contributed by atoms with E-state index in [4.69, 9.17) is 17.3 Å². The number of benzene rings is 1. The van der Waals surface area contributed by atoms with E-state index in [0.717, 1.165) is 6.07 Å². The van der Waals surface area contributed by atoms with Crippen LogP contribution in [0.5, 0.6) is 0 Å². The summed E-state index contributed by atoms with van der Waals surface area (Å²) in [5.74, 6) is -1.13. The molecule has 2 nitrogen and oxygen atoms in total. The van der Waals surface area contributed by atoms with Crippen molar-refractivity contribution >= 4 is 17.4 Å². The first-order valence-electron chi connectivity index (χ1n) is 5.01. The number of Topliss-reactive ketones (excluding diaryl/α,β-unsaturated/α-hetero) is 1. The minimum atomic E-state index is -0.577. The summed E-state index contributed by atoms with van der Waals surface area (Å²) in [4.78, 5) is 11.9. The molecule has 1 aromatic carbocycles. The van der Waals surface area contributed by atoms with Gasteiger partial charge in [0, 0.05) is 17.0 Å². The first-order valence-corrected chi connectivity index (χ1v) is 5.39. The zero-order chi connectivity index (χ0) is 11.7. The Labute approximate surface area is 97.9 Å². The minimum Gasteiger partial charge on any atom is -0.324 e. The van der Waals surface area contributed by atoms with Gasteiger partial charge in [-0.15, -0.1) is 0 Å². The molecule has 2 atom stereocenters. The van der Waals surface area contributed by atoms with Gasteiger partial charge in [-0.3, -0.25) is 4.79 Å². The van der Waals surface area contributed by atoms with Gasteiger partial charge >= 0.3 is 0 Å². The van der Waals surface area contributed by atoms with Crippen molar-refractivity contribution in [3.63, 3.8) is 0 Å². The quantitative estimate of drug-likeness (QED) is 0.637. The summed E-state index contributed by atoms with van der Waals surface area (Å²) in [7, 11) is 0. The van der Waals surface area contributed by atoms with E-state index in [9.17, 15) is 9.18 Å². The maximum atomic E-state index is 13.5. The predicted molar refractivity (Wildman–Crippen MR) is 61.0 cm³/mol. The van der Waals surface area contributed by atoms with Crippen molar-refractivity contribution < 1.29 is 9.18 Å². The smallest absolute Gasteiger partial charge is 0.172 e. The van der Waals surface area contributed by atoms with Crippen molar-refractivity contribution in [3.8, 4) is 0 Å². The van der Waals surface area contributed by atoms with Crippen molar-refractivity contribution in [2.24, 2.45) is 11.7 Å².